The van der Waals surface area contributed by atoms with Crippen LogP contribution in [-0.2, 0) is 19.4 Å². The van der Waals surface area contributed by atoms with Gasteiger partial charge in [-0.25, -0.2) is 0 Å². The van der Waals surface area contributed by atoms with Crippen molar-refractivity contribution in [3.63, 3.8) is 0 Å². The number of carbonyl (C=O) groups is 1. The second-order valence-corrected chi connectivity index (χ2v) is 5.98. The van der Waals surface area contributed by atoms with Gasteiger partial charge in [0.1, 0.15) is 5.75 Å². The molecule has 22 heavy (non-hydrogen) atoms. The van der Waals surface area contributed by atoms with Crippen molar-refractivity contribution in [3.05, 3.63) is 58.7 Å². The van der Waals surface area contributed by atoms with Crippen LogP contribution in [0.4, 0.5) is 5.69 Å². The molecule has 112 valence electrons. The standard InChI is InChI=1S/C18H18N2O2/c21-16-3-1-12-6-8-20(11-15(12)10-16)18(22)14-2-4-17-13(9-14)5-7-19-17/h1-4,9-10,19,21H,5-8,11H2. The molecule has 2 aliphatic heterocycles. The molecule has 2 N–H and O–H groups in total. The molecule has 0 aliphatic carbocycles. The van der Waals surface area contributed by atoms with E-state index < -0.39 is 0 Å². The number of rotatable bonds is 1. The van der Waals surface area contributed by atoms with E-state index in [2.05, 4.69) is 5.32 Å². The summed E-state index contributed by atoms with van der Waals surface area (Å²) in [4.78, 5) is 14.6. The maximum Gasteiger partial charge on any atom is 0.254 e. The van der Waals surface area contributed by atoms with E-state index in [1.807, 2.05) is 29.2 Å². The van der Waals surface area contributed by atoms with Crippen LogP contribution in [0.15, 0.2) is 36.4 Å². The normalized spacial score (nSPS) is 15.9. The molecule has 0 aromatic heterocycles. The van der Waals surface area contributed by atoms with E-state index in [-0.39, 0.29) is 11.7 Å². The highest BCUT2D eigenvalue weighted by atomic mass is 16.3. The summed E-state index contributed by atoms with van der Waals surface area (Å²) < 4.78 is 0. The number of anilines is 1. The number of amides is 1. The van der Waals surface area contributed by atoms with Gasteiger partial charge in [-0.15, -0.1) is 0 Å². The zero-order valence-corrected chi connectivity index (χ0v) is 12.3. The van der Waals surface area contributed by atoms with Gasteiger partial charge in [-0.05, 0) is 59.9 Å². The molecule has 0 unspecified atom stereocenters. The van der Waals surface area contributed by atoms with E-state index in [9.17, 15) is 9.90 Å². The highest BCUT2D eigenvalue weighted by Crippen LogP contribution is 2.26. The largest absolute Gasteiger partial charge is 0.508 e. The fraction of sp³-hybridized carbons (Fsp3) is 0.278. The number of hydrogen-bond acceptors (Lipinski definition) is 3. The SMILES string of the molecule is O=C(c1ccc2c(c1)CCN2)N1CCc2ccc(O)cc2C1. The van der Waals surface area contributed by atoms with Gasteiger partial charge in [-0.2, -0.15) is 0 Å². The van der Waals surface area contributed by atoms with Crippen molar-refractivity contribution in [1.82, 2.24) is 4.90 Å². The number of carbonyl (C=O) groups excluding carboxylic acids is 1. The summed E-state index contributed by atoms with van der Waals surface area (Å²) >= 11 is 0. The first kappa shape index (κ1) is 13.2. The Morgan fingerprint density at radius 2 is 1.95 bits per heavy atom. The topological polar surface area (TPSA) is 52.6 Å². The van der Waals surface area contributed by atoms with E-state index in [0.29, 0.717) is 6.54 Å². The van der Waals surface area contributed by atoms with Gasteiger partial charge in [-0.3, -0.25) is 4.79 Å². The second kappa shape index (κ2) is 5.05. The lowest BCUT2D eigenvalue weighted by atomic mass is 9.98. The van der Waals surface area contributed by atoms with E-state index >= 15 is 0 Å². The molecule has 0 spiro atoms. The van der Waals surface area contributed by atoms with E-state index in [4.69, 9.17) is 0 Å². The molecule has 2 aromatic rings. The highest BCUT2D eigenvalue weighted by molar-refractivity contribution is 5.95. The Hall–Kier alpha value is -2.49. The molecular formula is C18H18N2O2. The quantitative estimate of drug-likeness (QED) is 0.850. The van der Waals surface area contributed by atoms with Crippen LogP contribution in [0.2, 0.25) is 0 Å². The number of aromatic hydroxyl groups is 1. The Morgan fingerprint density at radius 3 is 2.86 bits per heavy atom. The first-order valence-corrected chi connectivity index (χ1v) is 7.67. The van der Waals surface area contributed by atoms with E-state index in [0.717, 1.165) is 42.7 Å². The third-order valence-corrected chi connectivity index (χ3v) is 4.55. The molecule has 2 aliphatic rings. The van der Waals surface area contributed by atoms with Crippen molar-refractivity contribution in [2.24, 2.45) is 0 Å². The minimum absolute atomic E-state index is 0.0729. The lowest BCUT2D eigenvalue weighted by Gasteiger charge is -2.29. The van der Waals surface area contributed by atoms with Crippen LogP contribution >= 0.6 is 0 Å². The molecule has 0 saturated heterocycles. The van der Waals surface area contributed by atoms with Gasteiger partial charge in [0.2, 0.25) is 0 Å². The van der Waals surface area contributed by atoms with E-state index in [1.165, 1.54) is 11.1 Å². The van der Waals surface area contributed by atoms with Crippen LogP contribution in [0.5, 0.6) is 5.75 Å². The third kappa shape index (κ3) is 2.21. The number of hydrogen-bond donors (Lipinski definition) is 2. The number of nitrogens with zero attached hydrogens (tertiary/aromatic N) is 1. The molecule has 0 bridgehead atoms. The van der Waals surface area contributed by atoms with Crippen LogP contribution in [0.3, 0.4) is 0 Å². The van der Waals surface area contributed by atoms with Crippen molar-refractivity contribution < 1.29 is 9.90 Å². The van der Waals surface area contributed by atoms with Crippen molar-refractivity contribution in [1.29, 1.82) is 0 Å². The van der Waals surface area contributed by atoms with Crippen LogP contribution in [0.1, 0.15) is 27.0 Å². The molecule has 4 rings (SSSR count). The fourth-order valence-electron chi connectivity index (χ4n) is 3.34. The van der Waals surface area contributed by atoms with Gasteiger partial charge >= 0.3 is 0 Å². The van der Waals surface area contributed by atoms with Crippen molar-refractivity contribution in [2.75, 3.05) is 18.4 Å². The number of phenolic OH excluding ortho intramolecular Hbond substituents is 1. The Bertz CT molecular complexity index is 755. The molecule has 0 fully saturated rings. The predicted molar refractivity (Wildman–Crippen MR) is 85.2 cm³/mol. The zero-order valence-electron chi connectivity index (χ0n) is 12.3. The summed E-state index contributed by atoms with van der Waals surface area (Å²) in [7, 11) is 0. The average molecular weight is 294 g/mol. The first-order valence-electron chi connectivity index (χ1n) is 7.67. The highest BCUT2D eigenvalue weighted by Gasteiger charge is 2.23. The second-order valence-electron chi connectivity index (χ2n) is 5.98. The van der Waals surface area contributed by atoms with Gasteiger partial charge in [0.15, 0.2) is 0 Å². The van der Waals surface area contributed by atoms with Crippen molar-refractivity contribution in [3.8, 4) is 5.75 Å². The maximum absolute atomic E-state index is 12.7. The summed E-state index contributed by atoms with van der Waals surface area (Å²) in [5, 5.41) is 12.9. The molecule has 0 atom stereocenters. The van der Waals surface area contributed by atoms with Crippen LogP contribution in [0, 0.1) is 0 Å². The van der Waals surface area contributed by atoms with Gasteiger partial charge in [0, 0.05) is 30.9 Å². The van der Waals surface area contributed by atoms with Crippen LogP contribution in [0.25, 0.3) is 0 Å². The van der Waals surface area contributed by atoms with Crippen LogP contribution in [-0.4, -0.2) is 29.0 Å². The monoisotopic (exact) mass is 294 g/mol. The summed E-state index contributed by atoms with van der Waals surface area (Å²) in [5.74, 6) is 0.334. The minimum atomic E-state index is 0.0729. The maximum atomic E-state index is 12.7. The molecule has 2 heterocycles. The Balaban J connectivity index is 1.59. The smallest absolute Gasteiger partial charge is 0.254 e. The average Bonchev–Trinajstić information content (AvgIpc) is 3.01. The van der Waals surface area contributed by atoms with Gasteiger partial charge in [-0.1, -0.05) is 6.07 Å². The Morgan fingerprint density at radius 1 is 1.05 bits per heavy atom. The number of phenols is 1. The number of benzene rings is 2. The molecule has 4 nitrogen and oxygen atoms in total. The van der Waals surface area contributed by atoms with Gasteiger partial charge < -0.3 is 15.3 Å². The molecule has 0 saturated carbocycles. The third-order valence-electron chi connectivity index (χ3n) is 4.55. The van der Waals surface area contributed by atoms with Crippen molar-refractivity contribution in [2.45, 2.75) is 19.4 Å². The summed E-state index contributed by atoms with van der Waals surface area (Å²) in [6.07, 6.45) is 1.82. The number of fused-ring (bicyclic) bond motifs is 2. The molecule has 2 aromatic carbocycles. The van der Waals surface area contributed by atoms with E-state index in [1.54, 1.807) is 12.1 Å². The Labute approximate surface area is 129 Å². The first-order chi connectivity index (χ1) is 10.7. The Kier molecular flexibility index (Phi) is 3.03. The summed E-state index contributed by atoms with van der Waals surface area (Å²) in [6, 6.07) is 11.3. The lowest BCUT2D eigenvalue weighted by molar-refractivity contribution is 0.0734. The molecule has 0 radical (unpaired) electrons. The van der Waals surface area contributed by atoms with Gasteiger partial charge in [0.05, 0.1) is 0 Å². The number of nitrogens with one attached hydrogen (secondary N) is 1. The van der Waals surface area contributed by atoms with Crippen LogP contribution < -0.4 is 5.32 Å². The predicted octanol–water partition coefficient (Wildman–Crippen LogP) is 2.56. The minimum Gasteiger partial charge on any atom is -0.508 e. The summed E-state index contributed by atoms with van der Waals surface area (Å²) in [5.41, 5.74) is 5.39. The zero-order chi connectivity index (χ0) is 15.1. The molecular weight excluding hydrogens is 276 g/mol. The van der Waals surface area contributed by atoms with Gasteiger partial charge in [0.25, 0.3) is 5.91 Å². The fourth-order valence-corrected chi connectivity index (χ4v) is 3.34. The summed E-state index contributed by atoms with van der Waals surface area (Å²) in [6.45, 7) is 2.24. The molecule has 4 heteroatoms. The molecule has 1 amide bonds. The van der Waals surface area contributed by atoms with Crippen molar-refractivity contribution >= 4 is 11.6 Å². The lowest BCUT2D eigenvalue weighted by Crippen LogP contribution is -2.35.